The van der Waals surface area contributed by atoms with E-state index in [1.54, 1.807) is 0 Å². The fraction of sp³-hybridized carbons (Fsp3) is 0.702. The number of allylic oxidation sites excluding steroid dienone is 16. The summed E-state index contributed by atoms with van der Waals surface area (Å²) < 4.78 is 35.1. The highest BCUT2D eigenvalue weighted by atomic mass is 31.2. The molecule has 0 aromatic rings. The normalized spacial score (nSPS) is 14.3. The fourth-order valence-corrected chi connectivity index (χ4v) is 7.56. The number of unbranched alkanes of at least 4 members (excludes halogenated alkanes) is 18. The summed E-state index contributed by atoms with van der Waals surface area (Å²) in [7, 11) is 1.63. The molecule has 0 spiro atoms. The molecule has 9 heteroatoms. The first-order valence-corrected chi connectivity index (χ1v) is 28.0. The van der Waals surface area contributed by atoms with Gasteiger partial charge in [0.1, 0.15) is 19.3 Å². The van der Waals surface area contributed by atoms with Crippen LogP contribution in [-0.2, 0) is 27.9 Å². The third-order valence-electron chi connectivity index (χ3n) is 10.9. The van der Waals surface area contributed by atoms with E-state index in [0.717, 1.165) is 83.5 Å². The molecule has 1 N–H and O–H groups in total. The standard InChI is InChI=1S/C57H100NO7P/c1-6-8-10-12-14-16-18-20-22-24-26-27-28-29-30-31-32-34-36-38-40-42-44-46-48-50-57(59)65-56(55-64-66(60,61)63-53-51-58(3,4)5)54-62-52-49-47-45-43-41-39-37-35-33-25-23-21-19-17-15-13-11-9-7-2/h8,10,14,16,20,22-23,25-27,29-30,32,34,38,40,56H,6-7,9,11-13,15,17-19,21,24,28,31,33,35-37,39,41-55H2,1-5H3/p+1/b10-8-,16-14-,22-20-,25-23-,27-26-,30-29-,34-32-,40-38-. The quantitative estimate of drug-likeness (QED) is 0.0214. The zero-order chi connectivity index (χ0) is 48.3. The summed E-state index contributed by atoms with van der Waals surface area (Å²) in [6, 6.07) is 0. The minimum absolute atomic E-state index is 0.0761. The Hall–Kier alpha value is -2.58. The number of rotatable bonds is 48. The average molecular weight is 943 g/mol. The molecule has 0 aliphatic carbocycles. The SMILES string of the molecule is CC/C=C\C/C=C\C/C=C\C/C=C\C/C=C\C/C=C\C/C=C\CCCCCC(=O)OC(COCCCCCCCCCC/C=C\CCCCCCCCC)COP(=O)(O)OCC[N+](C)(C)C. The highest BCUT2D eigenvalue weighted by Crippen LogP contribution is 2.43. The van der Waals surface area contributed by atoms with E-state index in [-0.39, 0.29) is 32.2 Å². The lowest BCUT2D eigenvalue weighted by Gasteiger charge is -2.24. The molecule has 0 aliphatic rings. The van der Waals surface area contributed by atoms with E-state index in [1.807, 2.05) is 21.1 Å². The van der Waals surface area contributed by atoms with Crippen molar-refractivity contribution in [3.63, 3.8) is 0 Å². The third-order valence-corrected chi connectivity index (χ3v) is 11.9. The van der Waals surface area contributed by atoms with E-state index in [4.69, 9.17) is 18.5 Å². The fourth-order valence-electron chi connectivity index (χ4n) is 6.82. The Morgan fingerprint density at radius 1 is 0.485 bits per heavy atom. The molecule has 0 aromatic heterocycles. The van der Waals surface area contributed by atoms with Gasteiger partial charge in [0.25, 0.3) is 0 Å². The van der Waals surface area contributed by atoms with Crippen LogP contribution in [0.1, 0.15) is 200 Å². The Labute approximate surface area is 407 Å². The van der Waals surface area contributed by atoms with Gasteiger partial charge in [0, 0.05) is 13.0 Å². The lowest BCUT2D eigenvalue weighted by atomic mass is 10.1. The highest BCUT2D eigenvalue weighted by molar-refractivity contribution is 7.47. The summed E-state index contributed by atoms with van der Waals surface area (Å²) in [6.45, 7) is 5.45. The Morgan fingerprint density at radius 2 is 0.879 bits per heavy atom. The maximum atomic E-state index is 12.8. The first-order valence-electron chi connectivity index (χ1n) is 26.5. The molecule has 8 nitrogen and oxygen atoms in total. The highest BCUT2D eigenvalue weighted by Gasteiger charge is 2.26. The molecule has 0 fully saturated rings. The molecule has 2 unspecified atom stereocenters. The summed E-state index contributed by atoms with van der Waals surface area (Å²) in [4.78, 5) is 23.0. The van der Waals surface area contributed by atoms with Crippen LogP contribution in [0.25, 0.3) is 0 Å². The third kappa shape index (κ3) is 52.4. The number of nitrogens with zero attached hydrogens (tertiary/aromatic N) is 1. The van der Waals surface area contributed by atoms with E-state index in [0.29, 0.717) is 17.6 Å². The topological polar surface area (TPSA) is 91.3 Å². The van der Waals surface area contributed by atoms with Gasteiger partial charge >= 0.3 is 13.8 Å². The van der Waals surface area contributed by atoms with Crippen molar-refractivity contribution in [3.05, 3.63) is 97.2 Å². The zero-order valence-electron chi connectivity index (χ0n) is 43.1. The van der Waals surface area contributed by atoms with Gasteiger partial charge in [-0.25, -0.2) is 4.57 Å². The van der Waals surface area contributed by atoms with Crippen molar-refractivity contribution in [2.24, 2.45) is 0 Å². The van der Waals surface area contributed by atoms with Gasteiger partial charge < -0.3 is 18.9 Å². The van der Waals surface area contributed by atoms with Crippen LogP contribution in [0.5, 0.6) is 0 Å². The first-order chi connectivity index (χ1) is 32.1. The largest absolute Gasteiger partial charge is 0.472 e. The molecule has 0 bridgehead atoms. The van der Waals surface area contributed by atoms with Gasteiger partial charge in [-0.05, 0) is 96.3 Å². The van der Waals surface area contributed by atoms with Crippen LogP contribution in [0.3, 0.4) is 0 Å². The van der Waals surface area contributed by atoms with E-state index in [1.165, 1.54) is 96.3 Å². The van der Waals surface area contributed by atoms with Crippen molar-refractivity contribution in [1.82, 2.24) is 0 Å². The number of phosphoric acid groups is 1. The van der Waals surface area contributed by atoms with Crippen LogP contribution in [0, 0.1) is 0 Å². The van der Waals surface area contributed by atoms with Crippen molar-refractivity contribution < 1.29 is 37.3 Å². The number of esters is 1. The van der Waals surface area contributed by atoms with E-state index in [9.17, 15) is 14.3 Å². The second-order valence-corrected chi connectivity index (χ2v) is 20.0. The van der Waals surface area contributed by atoms with Crippen molar-refractivity contribution in [2.75, 3.05) is 54.1 Å². The summed E-state index contributed by atoms with van der Waals surface area (Å²) in [6.07, 6.45) is 67.4. The van der Waals surface area contributed by atoms with Crippen LogP contribution in [0.2, 0.25) is 0 Å². The van der Waals surface area contributed by atoms with Gasteiger partial charge in [-0.15, -0.1) is 0 Å². The monoisotopic (exact) mass is 943 g/mol. The van der Waals surface area contributed by atoms with Gasteiger partial charge in [0.05, 0.1) is 34.4 Å². The summed E-state index contributed by atoms with van der Waals surface area (Å²) in [5.74, 6) is -0.348. The molecule has 0 rings (SSSR count). The second-order valence-electron chi connectivity index (χ2n) is 18.5. The number of hydrogen-bond donors (Lipinski definition) is 1. The Kier molecular flexibility index (Phi) is 47.0. The van der Waals surface area contributed by atoms with Gasteiger partial charge in [-0.1, -0.05) is 195 Å². The molecule has 0 radical (unpaired) electrons. The second kappa shape index (κ2) is 48.9. The molecule has 0 saturated carbocycles. The average Bonchev–Trinajstić information content (AvgIpc) is 3.28. The van der Waals surface area contributed by atoms with E-state index < -0.39 is 13.9 Å². The zero-order valence-corrected chi connectivity index (χ0v) is 44.0. The van der Waals surface area contributed by atoms with Crippen LogP contribution in [-0.4, -0.2) is 75.6 Å². The molecule has 380 valence electrons. The number of carbonyl (C=O) groups is 1. The molecule has 0 aromatic carbocycles. The van der Waals surface area contributed by atoms with Crippen molar-refractivity contribution in [1.29, 1.82) is 0 Å². The lowest BCUT2D eigenvalue weighted by Crippen LogP contribution is -2.37. The maximum Gasteiger partial charge on any atom is 0.472 e. The van der Waals surface area contributed by atoms with Crippen LogP contribution < -0.4 is 0 Å². The van der Waals surface area contributed by atoms with Crippen LogP contribution in [0.15, 0.2) is 97.2 Å². The van der Waals surface area contributed by atoms with Gasteiger partial charge in [-0.3, -0.25) is 13.8 Å². The summed E-state index contributed by atoms with van der Waals surface area (Å²) in [5.41, 5.74) is 0. The predicted molar refractivity (Wildman–Crippen MR) is 284 cm³/mol. The molecular weight excluding hydrogens is 842 g/mol. The lowest BCUT2D eigenvalue weighted by molar-refractivity contribution is -0.870. The van der Waals surface area contributed by atoms with Gasteiger partial charge in [0.2, 0.25) is 0 Å². The number of quaternary nitrogens is 1. The number of hydrogen-bond acceptors (Lipinski definition) is 6. The molecule has 2 atom stereocenters. The van der Waals surface area contributed by atoms with E-state index >= 15 is 0 Å². The molecule has 0 saturated heterocycles. The number of phosphoric ester groups is 1. The van der Waals surface area contributed by atoms with Crippen molar-refractivity contribution in [2.45, 2.75) is 206 Å². The van der Waals surface area contributed by atoms with Gasteiger partial charge in [-0.2, -0.15) is 0 Å². The first kappa shape index (κ1) is 63.4. The molecule has 66 heavy (non-hydrogen) atoms. The molecule has 0 aliphatic heterocycles. The Bertz CT molecular complexity index is 1370. The minimum Gasteiger partial charge on any atom is -0.457 e. The summed E-state index contributed by atoms with van der Waals surface area (Å²) in [5, 5.41) is 0. The Balaban J connectivity index is 4.25. The molecule has 0 heterocycles. The van der Waals surface area contributed by atoms with E-state index in [2.05, 4.69) is 111 Å². The van der Waals surface area contributed by atoms with Gasteiger partial charge in [0.15, 0.2) is 0 Å². The van der Waals surface area contributed by atoms with Crippen molar-refractivity contribution in [3.8, 4) is 0 Å². The molecule has 0 amide bonds. The Morgan fingerprint density at radius 3 is 1.33 bits per heavy atom. The summed E-state index contributed by atoms with van der Waals surface area (Å²) >= 11 is 0. The smallest absolute Gasteiger partial charge is 0.457 e. The minimum atomic E-state index is -4.30. The van der Waals surface area contributed by atoms with Crippen molar-refractivity contribution >= 4 is 13.8 Å². The number of likely N-dealkylation sites (N-methyl/N-ethyl adjacent to an activating group) is 1. The molecular formula is C57H101NO7P+. The predicted octanol–water partition coefficient (Wildman–Crippen LogP) is 16.6. The maximum absolute atomic E-state index is 12.8. The number of carbonyl (C=O) groups excluding carboxylic acids is 1. The van der Waals surface area contributed by atoms with Crippen LogP contribution in [0.4, 0.5) is 0 Å². The number of ether oxygens (including phenoxy) is 2. The van der Waals surface area contributed by atoms with Crippen LogP contribution >= 0.6 is 7.82 Å².